The van der Waals surface area contributed by atoms with Gasteiger partial charge in [0.25, 0.3) is 0 Å². The fourth-order valence-corrected chi connectivity index (χ4v) is 4.77. The zero-order chi connectivity index (χ0) is 29.0. The molecule has 2 aromatic rings. The van der Waals surface area contributed by atoms with Gasteiger partial charge in [-0.05, 0) is 55.2 Å². The monoisotopic (exact) mass is 550 g/mol. The lowest BCUT2D eigenvalue weighted by atomic mass is 9.86. The summed E-state index contributed by atoms with van der Waals surface area (Å²) in [6.45, 7) is 1.35. The number of carbonyl (C=O) groups excluding carboxylic acids is 4. The van der Waals surface area contributed by atoms with Crippen LogP contribution >= 0.6 is 0 Å². The smallest absolute Gasteiger partial charge is 0.370 e. The minimum Gasteiger partial charge on any atom is -0.370 e. The molecule has 4 amide bonds. The first-order valence-corrected chi connectivity index (χ1v) is 12.3. The fraction of sp³-hybridized carbons (Fsp3) is 0.407. The number of rotatable bonds is 9. The van der Waals surface area contributed by atoms with Crippen molar-refractivity contribution in [2.75, 3.05) is 20.1 Å². The van der Waals surface area contributed by atoms with E-state index in [1.54, 1.807) is 12.1 Å². The van der Waals surface area contributed by atoms with Gasteiger partial charge < -0.3 is 20.9 Å². The topological polar surface area (TPSA) is 113 Å². The molecule has 0 spiro atoms. The zero-order valence-electron chi connectivity index (χ0n) is 21.6. The molecule has 12 heteroatoms. The molecule has 1 fully saturated rings. The molecule has 1 heterocycles. The van der Waals surface area contributed by atoms with Crippen LogP contribution in [0.3, 0.4) is 0 Å². The van der Waals surface area contributed by atoms with Gasteiger partial charge in [0.1, 0.15) is 17.4 Å². The molecule has 210 valence electrons. The normalized spacial score (nSPS) is 17.5. The summed E-state index contributed by atoms with van der Waals surface area (Å²) in [5, 5.41) is 2.47. The zero-order valence-corrected chi connectivity index (χ0v) is 21.6. The van der Waals surface area contributed by atoms with Gasteiger partial charge in [0.2, 0.25) is 23.6 Å². The van der Waals surface area contributed by atoms with E-state index in [4.69, 9.17) is 5.73 Å². The third-order valence-electron chi connectivity index (χ3n) is 7.00. The second-order valence-electron chi connectivity index (χ2n) is 9.45. The third-order valence-corrected chi connectivity index (χ3v) is 7.00. The molecule has 1 aliphatic heterocycles. The van der Waals surface area contributed by atoms with Crippen molar-refractivity contribution in [3.05, 3.63) is 71.0 Å². The first-order chi connectivity index (χ1) is 18.3. The van der Waals surface area contributed by atoms with Gasteiger partial charge in [-0.2, -0.15) is 13.2 Å². The van der Waals surface area contributed by atoms with Crippen LogP contribution in [0.4, 0.5) is 17.6 Å². The largest absolute Gasteiger partial charge is 0.416 e. The third kappa shape index (κ3) is 6.55. The standard InChI is InChI=1S/C27H30F4N4O4/c1-26(25(39)33-2,18-6-8-19(9-7-18)27(29,30)31)35-16-15-34(21(24(35)38)12-13-22(32)36)23(37)14-5-17-3-10-20(28)11-4-17/h3-4,6-11,21H,5,12-16H2,1-2H3,(H2,32,36)(H,33,39)/t21-,26+/m0/s1. The van der Waals surface area contributed by atoms with Crippen molar-refractivity contribution >= 4 is 23.6 Å². The molecule has 0 aliphatic carbocycles. The summed E-state index contributed by atoms with van der Waals surface area (Å²) >= 11 is 0. The van der Waals surface area contributed by atoms with Crippen molar-refractivity contribution in [3.8, 4) is 0 Å². The van der Waals surface area contributed by atoms with E-state index >= 15 is 0 Å². The number of nitrogens with zero attached hydrogens (tertiary/aromatic N) is 2. The summed E-state index contributed by atoms with van der Waals surface area (Å²) in [6.07, 6.45) is -4.58. The van der Waals surface area contributed by atoms with Crippen LogP contribution in [-0.4, -0.2) is 59.6 Å². The van der Waals surface area contributed by atoms with E-state index in [0.717, 1.165) is 29.8 Å². The first kappa shape index (κ1) is 29.6. The Hall–Kier alpha value is -3.96. The average Bonchev–Trinajstić information content (AvgIpc) is 2.90. The molecule has 0 unspecified atom stereocenters. The Labute approximate surface area is 223 Å². The van der Waals surface area contributed by atoms with Crippen molar-refractivity contribution in [2.45, 2.75) is 50.4 Å². The molecule has 2 atom stereocenters. The second kappa shape index (κ2) is 11.8. The molecule has 3 N–H and O–H groups in total. The van der Waals surface area contributed by atoms with Gasteiger partial charge in [-0.15, -0.1) is 0 Å². The van der Waals surface area contributed by atoms with Gasteiger partial charge in [0.05, 0.1) is 5.56 Å². The number of piperazine rings is 1. The van der Waals surface area contributed by atoms with Crippen LogP contribution in [0.2, 0.25) is 0 Å². The van der Waals surface area contributed by atoms with E-state index in [9.17, 15) is 36.7 Å². The lowest BCUT2D eigenvalue weighted by molar-refractivity contribution is -0.162. The Morgan fingerprint density at radius 2 is 1.56 bits per heavy atom. The van der Waals surface area contributed by atoms with E-state index < -0.39 is 46.9 Å². The lowest BCUT2D eigenvalue weighted by Gasteiger charge is -2.48. The molecule has 0 radical (unpaired) electrons. The minimum absolute atomic E-state index is 0.0115. The molecule has 0 bridgehead atoms. The van der Waals surface area contributed by atoms with Crippen LogP contribution in [-0.2, 0) is 37.3 Å². The molecular formula is C27H30F4N4O4. The predicted molar refractivity (Wildman–Crippen MR) is 133 cm³/mol. The molecular weight excluding hydrogens is 520 g/mol. The number of nitrogens with two attached hydrogens (primary N) is 1. The van der Waals surface area contributed by atoms with Crippen molar-refractivity contribution in [1.29, 1.82) is 0 Å². The second-order valence-corrected chi connectivity index (χ2v) is 9.45. The first-order valence-electron chi connectivity index (χ1n) is 12.3. The summed E-state index contributed by atoms with van der Waals surface area (Å²) in [5.41, 5.74) is 3.55. The van der Waals surface area contributed by atoms with Crippen molar-refractivity contribution in [1.82, 2.24) is 15.1 Å². The summed E-state index contributed by atoms with van der Waals surface area (Å²) in [6, 6.07) is 8.49. The molecule has 8 nitrogen and oxygen atoms in total. The van der Waals surface area contributed by atoms with Crippen LogP contribution in [0.1, 0.15) is 42.9 Å². The molecule has 1 aliphatic rings. The molecule has 2 aromatic carbocycles. The SMILES string of the molecule is CNC(=O)[C@@](C)(c1ccc(C(F)(F)F)cc1)N1CCN(C(=O)CCc2ccc(F)cc2)[C@@H](CCC(N)=O)C1=O. The number of amides is 4. The van der Waals surface area contributed by atoms with E-state index in [1.165, 1.54) is 35.9 Å². The summed E-state index contributed by atoms with van der Waals surface area (Å²) in [7, 11) is 1.34. The van der Waals surface area contributed by atoms with Crippen molar-refractivity contribution in [3.63, 3.8) is 0 Å². The number of halogens is 4. The van der Waals surface area contributed by atoms with Gasteiger partial charge in [-0.3, -0.25) is 19.2 Å². The van der Waals surface area contributed by atoms with Crippen LogP contribution in [0.5, 0.6) is 0 Å². The number of benzene rings is 2. The molecule has 0 saturated carbocycles. The van der Waals surface area contributed by atoms with E-state index in [2.05, 4.69) is 5.32 Å². The number of carbonyl (C=O) groups is 4. The quantitative estimate of drug-likeness (QED) is 0.468. The van der Waals surface area contributed by atoms with Crippen LogP contribution in [0.25, 0.3) is 0 Å². The molecule has 39 heavy (non-hydrogen) atoms. The highest BCUT2D eigenvalue weighted by Gasteiger charge is 2.49. The molecule has 3 rings (SSSR count). The van der Waals surface area contributed by atoms with E-state index in [1.807, 2.05) is 0 Å². The maximum absolute atomic E-state index is 13.8. The summed E-state index contributed by atoms with van der Waals surface area (Å²) < 4.78 is 52.6. The van der Waals surface area contributed by atoms with Crippen molar-refractivity contribution in [2.24, 2.45) is 5.73 Å². The highest BCUT2D eigenvalue weighted by molar-refractivity contribution is 5.96. The number of nitrogens with one attached hydrogen (secondary N) is 1. The Bertz CT molecular complexity index is 1220. The number of alkyl halides is 3. The number of hydrogen-bond donors (Lipinski definition) is 2. The molecule has 1 saturated heterocycles. The fourth-order valence-electron chi connectivity index (χ4n) is 4.77. The van der Waals surface area contributed by atoms with Gasteiger partial charge in [-0.25, -0.2) is 4.39 Å². The van der Waals surface area contributed by atoms with Gasteiger partial charge in [0.15, 0.2) is 0 Å². The lowest BCUT2D eigenvalue weighted by Crippen LogP contribution is -2.66. The average molecular weight is 551 g/mol. The summed E-state index contributed by atoms with van der Waals surface area (Å²) in [5.74, 6) is -2.75. The maximum atomic E-state index is 13.8. The number of likely N-dealkylation sites (N-methyl/N-ethyl adjacent to an activating group) is 1. The number of hydrogen-bond acceptors (Lipinski definition) is 4. The predicted octanol–water partition coefficient (Wildman–Crippen LogP) is 2.74. The highest BCUT2D eigenvalue weighted by atomic mass is 19.4. The van der Waals surface area contributed by atoms with Crippen LogP contribution < -0.4 is 11.1 Å². The van der Waals surface area contributed by atoms with Crippen LogP contribution in [0.15, 0.2) is 48.5 Å². The van der Waals surface area contributed by atoms with Gasteiger partial charge >= 0.3 is 6.18 Å². The Morgan fingerprint density at radius 3 is 2.10 bits per heavy atom. The Kier molecular flexibility index (Phi) is 8.98. The maximum Gasteiger partial charge on any atom is 0.416 e. The highest BCUT2D eigenvalue weighted by Crippen LogP contribution is 2.35. The van der Waals surface area contributed by atoms with E-state index in [-0.39, 0.29) is 50.2 Å². The Morgan fingerprint density at radius 1 is 0.974 bits per heavy atom. The van der Waals surface area contributed by atoms with Crippen molar-refractivity contribution < 1.29 is 36.7 Å². The minimum atomic E-state index is -4.59. The van der Waals surface area contributed by atoms with Gasteiger partial charge in [-0.1, -0.05) is 24.3 Å². The van der Waals surface area contributed by atoms with Gasteiger partial charge in [0, 0.05) is 33.0 Å². The summed E-state index contributed by atoms with van der Waals surface area (Å²) in [4.78, 5) is 54.2. The van der Waals surface area contributed by atoms with Crippen LogP contribution in [0, 0.1) is 5.82 Å². The number of aryl methyl sites for hydroxylation is 1. The Balaban J connectivity index is 1.90. The molecule has 0 aromatic heterocycles. The van der Waals surface area contributed by atoms with E-state index in [0.29, 0.717) is 0 Å². The number of primary amides is 1.